The second kappa shape index (κ2) is 7.41. The first-order valence-corrected chi connectivity index (χ1v) is 8.31. The molecule has 0 amide bonds. The number of aliphatic hydroxyl groups is 2. The Morgan fingerprint density at radius 1 is 1.17 bits per heavy atom. The molecule has 3 rings (SSSR count). The van der Waals surface area contributed by atoms with Crippen LogP contribution in [-0.4, -0.2) is 56.8 Å². The number of hydrogen-bond acceptors (Lipinski definition) is 9. The Labute approximate surface area is 161 Å². The Hall–Kier alpha value is -3.63. The normalized spacial score (nSPS) is 12.2. The Morgan fingerprint density at radius 2 is 1.86 bits per heavy atom. The molecular weight excluding hydrogens is 388 g/mol. The predicted octanol–water partition coefficient (Wildman–Crippen LogP) is 0.874. The molecule has 0 saturated carbocycles. The molecule has 152 valence electrons. The molecule has 1 atom stereocenters. The summed E-state index contributed by atoms with van der Waals surface area (Å²) in [5.74, 6) is -3.52. The van der Waals surface area contributed by atoms with Crippen LogP contribution >= 0.6 is 0 Å². The topological polar surface area (TPSA) is 175 Å². The maximum absolute atomic E-state index is 13.0. The summed E-state index contributed by atoms with van der Waals surface area (Å²) in [6.45, 7) is 0.203. The maximum Gasteiger partial charge on any atom is 0.342 e. The molecule has 1 aromatic heterocycles. The summed E-state index contributed by atoms with van der Waals surface area (Å²) in [6.07, 6.45) is -1.33. The lowest BCUT2D eigenvalue weighted by Gasteiger charge is -2.14. The van der Waals surface area contributed by atoms with Crippen molar-refractivity contribution >= 4 is 33.9 Å². The average Bonchev–Trinajstić information content (AvgIpc) is 2.64. The molecule has 10 heteroatoms. The fraction of sp³-hybridized carbons (Fsp3) is 0.211. The van der Waals surface area contributed by atoms with Crippen LogP contribution in [0.2, 0.25) is 0 Å². The second-order valence-electron chi connectivity index (χ2n) is 6.33. The zero-order valence-electron chi connectivity index (χ0n) is 15.0. The van der Waals surface area contributed by atoms with E-state index in [0.29, 0.717) is 0 Å². The standard InChI is InChI=1S/C19H16O10/c1-7-2-10(18(25)26)14-16(24)15-11(23)3-8(21)4-12(15)29-17(14)13(7)19(27)28-6-9(22)5-20/h2-4,9,20-23H,5-6H2,1H3,(H,25,26). The SMILES string of the molecule is Cc1cc(C(=O)O)c2c(=O)c3c(O)cc(O)cc3oc2c1C(=O)OCC(O)CO. The number of aromatic hydroxyl groups is 2. The largest absolute Gasteiger partial charge is 0.508 e. The highest BCUT2D eigenvalue weighted by Crippen LogP contribution is 2.33. The lowest BCUT2D eigenvalue weighted by Crippen LogP contribution is -2.23. The minimum Gasteiger partial charge on any atom is -0.508 e. The van der Waals surface area contributed by atoms with Gasteiger partial charge in [0, 0.05) is 12.1 Å². The van der Waals surface area contributed by atoms with Crippen LogP contribution in [0.5, 0.6) is 11.5 Å². The van der Waals surface area contributed by atoms with E-state index in [4.69, 9.17) is 14.3 Å². The summed E-state index contributed by atoms with van der Waals surface area (Å²) in [5, 5.41) is 46.5. The number of aryl methyl sites for hydroxylation is 1. The van der Waals surface area contributed by atoms with Gasteiger partial charge in [-0.25, -0.2) is 9.59 Å². The molecule has 0 aliphatic rings. The van der Waals surface area contributed by atoms with E-state index in [0.717, 1.165) is 18.2 Å². The molecule has 0 aliphatic heterocycles. The molecule has 1 unspecified atom stereocenters. The highest BCUT2D eigenvalue weighted by molar-refractivity contribution is 6.12. The van der Waals surface area contributed by atoms with E-state index in [-0.39, 0.29) is 22.1 Å². The lowest BCUT2D eigenvalue weighted by molar-refractivity contribution is 0.00933. The van der Waals surface area contributed by atoms with Gasteiger partial charge in [0.1, 0.15) is 40.7 Å². The highest BCUT2D eigenvalue weighted by atomic mass is 16.5. The van der Waals surface area contributed by atoms with E-state index in [1.54, 1.807) is 0 Å². The van der Waals surface area contributed by atoms with E-state index in [9.17, 15) is 34.8 Å². The van der Waals surface area contributed by atoms with Crippen molar-refractivity contribution in [1.82, 2.24) is 0 Å². The van der Waals surface area contributed by atoms with E-state index >= 15 is 0 Å². The van der Waals surface area contributed by atoms with E-state index < -0.39 is 64.7 Å². The molecule has 5 N–H and O–H groups in total. The lowest BCUT2D eigenvalue weighted by atomic mass is 9.98. The number of aromatic carboxylic acids is 1. The monoisotopic (exact) mass is 404 g/mol. The van der Waals surface area contributed by atoms with Crippen LogP contribution in [0.3, 0.4) is 0 Å². The zero-order valence-corrected chi connectivity index (χ0v) is 15.0. The van der Waals surface area contributed by atoms with E-state index in [2.05, 4.69) is 0 Å². The molecule has 0 fully saturated rings. The number of phenols is 2. The van der Waals surface area contributed by atoms with Crippen molar-refractivity contribution in [2.45, 2.75) is 13.0 Å². The third-order valence-corrected chi connectivity index (χ3v) is 4.26. The van der Waals surface area contributed by atoms with Crippen molar-refractivity contribution in [3.63, 3.8) is 0 Å². The van der Waals surface area contributed by atoms with Gasteiger partial charge in [-0.05, 0) is 18.6 Å². The van der Waals surface area contributed by atoms with E-state index in [1.165, 1.54) is 6.92 Å². The van der Waals surface area contributed by atoms with Gasteiger partial charge in [-0.2, -0.15) is 0 Å². The van der Waals surface area contributed by atoms with Crippen molar-refractivity contribution < 1.29 is 44.3 Å². The number of carboxylic acid groups (broad SMARTS) is 1. The van der Waals surface area contributed by atoms with Gasteiger partial charge in [0.2, 0.25) is 5.43 Å². The summed E-state index contributed by atoms with van der Waals surface area (Å²) < 4.78 is 10.5. The van der Waals surface area contributed by atoms with Crippen molar-refractivity contribution in [2.24, 2.45) is 0 Å². The van der Waals surface area contributed by atoms with Crippen LogP contribution in [-0.2, 0) is 4.74 Å². The first-order valence-electron chi connectivity index (χ1n) is 8.31. The number of fused-ring (bicyclic) bond motifs is 2. The molecule has 10 nitrogen and oxygen atoms in total. The van der Waals surface area contributed by atoms with Crippen LogP contribution in [0.4, 0.5) is 0 Å². The molecule has 0 spiro atoms. The van der Waals surface area contributed by atoms with Crippen LogP contribution in [0.1, 0.15) is 26.3 Å². The number of rotatable bonds is 5. The zero-order chi connectivity index (χ0) is 21.5. The van der Waals surface area contributed by atoms with Gasteiger partial charge in [-0.3, -0.25) is 4.79 Å². The highest BCUT2D eigenvalue weighted by Gasteiger charge is 2.26. The molecule has 1 heterocycles. The average molecular weight is 404 g/mol. The van der Waals surface area contributed by atoms with Crippen molar-refractivity contribution in [1.29, 1.82) is 0 Å². The van der Waals surface area contributed by atoms with Gasteiger partial charge >= 0.3 is 11.9 Å². The van der Waals surface area contributed by atoms with Crippen LogP contribution in [0.15, 0.2) is 27.4 Å². The summed E-state index contributed by atoms with van der Waals surface area (Å²) in [5.41, 5.74) is -2.20. The number of esters is 1. The van der Waals surface area contributed by atoms with Crippen molar-refractivity contribution in [2.75, 3.05) is 13.2 Å². The molecule has 0 bridgehead atoms. The Balaban J connectivity index is 2.40. The molecule has 0 radical (unpaired) electrons. The molecule has 3 aromatic rings. The van der Waals surface area contributed by atoms with Gasteiger partial charge in [-0.1, -0.05) is 0 Å². The molecular formula is C19H16O10. The predicted molar refractivity (Wildman–Crippen MR) is 98.4 cm³/mol. The van der Waals surface area contributed by atoms with Crippen molar-refractivity contribution in [3.05, 3.63) is 45.1 Å². The minimum absolute atomic E-state index is 0.116. The number of carboxylic acids is 1. The third-order valence-electron chi connectivity index (χ3n) is 4.26. The number of phenolic OH excluding ortho intramolecular Hbond substituents is 2. The Kier molecular flexibility index (Phi) is 5.14. The molecule has 0 saturated heterocycles. The fourth-order valence-electron chi connectivity index (χ4n) is 2.96. The summed E-state index contributed by atoms with van der Waals surface area (Å²) >= 11 is 0. The third kappa shape index (κ3) is 3.46. The van der Waals surface area contributed by atoms with Crippen LogP contribution in [0, 0.1) is 6.92 Å². The van der Waals surface area contributed by atoms with Gasteiger partial charge in [0.25, 0.3) is 0 Å². The number of carbonyl (C=O) groups excluding carboxylic acids is 1. The van der Waals surface area contributed by atoms with E-state index in [1.807, 2.05) is 0 Å². The summed E-state index contributed by atoms with van der Waals surface area (Å²) in [6, 6.07) is 3.01. The molecule has 0 aliphatic carbocycles. The molecule has 2 aromatic carbocycles. The Bertz CT molecular complexity index is 1210. The van der Waals surface area contributed by atoms with Crippen molar-refractivity contribution in [3.8, 4) is 11.5 Å². The molecule has 29 heavy (non-hydrogen) atoms. The maximum atomic E-state index is 13.0. The summed E-state index contributed by atoms with van der Waals surface area (Å²) in [7, 11) is 0. The number of benzene rings is 2. The number of aliphatic hydroxyl groups excluding tert-OH is 2. The number of carbonyl (C=O) groups is 2. The quantitative estimate of drug-likeness (QED) is 0.303. The van der Waals surface area contributed by atoms with Gasteiger partial charge in [0.15, 0.2) is 5.58 Å². The van der Waals surface area contributed by atoms with Gasteiger partial charge < -0.3 is 34.7 Å². The van der Waals surface area contributed by atoms with Gasteiger partial charge in [-0.15, -0.1) is 0 Å². The van der Waals surface area contributed by atoms with Crippen LogP contribution in [0.25, 0.3) is 21.9 Å². The number of ether oxygens (including phenoxy) is 1. The number of hydrogen-bond donors (Lipinski definition) is 5. The first-order chi connectivity index (χ1) is 13.6. The smallest absolute Gasteiger partial charge is 0.342 e. The van der Waals surface area contributed by atoms with Crippen LogP contribution < -0.4 is 5.43 Å². The Morgan fingerprint density at radius 3 is 2.48 bits per heavy atom. The van der Waals surface area contributed by atoms with Gasteiger partial charge in [0.05, 0.1) is 17.6 Å². The summed E-state index contributed by atoms with van der Waals surface area (Å²) in [4.78, 5) is 37.2. The first kappa shape index (κ1) is 20.1. The minimum atomic E-state index is -1.46. The fourth-order valence-corrected chi connectivity index (χ4v) is 2.96. The second-order valence-corrected chi connectivity index (χ2v) is 6.33.